The van der Waals surface area contributed by atoms with Crippen LogP contribution < -0.4 is 5.32 Å². The molecule has 102 valence electrons. The van der Waals surface area contributed by atoms with Crippen molar-refractivity contribution in [1.29, 1.82) is 0 Å². The summed E-state index contributed by atoms with van der Waals surface area (Å²) in [5, 5.41) is 3.21. The fourth-order valence-corrected chi connectivity index (χ4v) is 2.90. The van der Waals surface area contributed by atoms with Crippen molar-refractivity contribution in [3.8, 4) is 0 Å². The van der Waals surface area contributed by atoms with E-state index in [1.54, 1.807) is 0 Å². The highest BCUT2D eigenvalue weighted by Crippen LogP contribution is 2.39. The van der Waals surface area contributed by atoms with E-state index in [1.165, 1.54) is 12.3 Å². The Hall–Kier alpha value is -1.49. The molecular weight excluding hydrogens is 255 g/mol. The number of halogens is 3. The molecule has 1 fully saturated rings. The highest BCUT2D eigenvalue weighted by Gasteiger charge is 2.32. The lowest BCUT2D eigenvalue weighted by atomic mass is 9.81. The molecule has 2 atom stereocenters. The molecule has 19 heavy (non-hydrogen) atoms. The SMILES string of the molecule is CC1CNCCC1c1c(F)c(F)c(F)c2ccoc12. The lowest BCUT2D eigenvalue weighted by molar-refractivity contribution is 0.334. The van der Waals surface area contributed by atoms with Crippen molar-refractivity contribution in [2.75, 3.05) is 13.1 Å². The summed E-state index contributed by atoms with van der Waals surface area (Å²) in [5.41, 5.74) is 0.308. The lowest BCUT2D eigenvalue weighted by Gasteiger charge is -2.30. The van der Waals surface area contributed by atoms with Crippen molar-refractivity contribution in [3.63, 3.8) is 0 Å². The van der Waals surface area contributed by atoms with Gasteiger partial charge in [-0.15, -0.1) is 0 Å². The molecular formula is C14H14F3NO. The van der Waals surface area contributed by atoms with Crippen LogP contribution in [0.25, 0.3) is 11.0 Å². The lowest BCUT2D eigenvalue weighted by Crippen LogP contribution is -2.34. The van der Waals surface area contributed by atoms with Gasteiger partial charge in [0.1, 0.15) is 5.58 Å². The standard InChI is InChI=1S/C14H14F3NO/c1-7-6-18-4-2-8(7)10-12(16)13(17)11(15)9-3-5-19-14(9)10/h3,5,7-8,18H,2,4,6H2,1H3. The predicted octanol–water partition coefficient (Wildman–Crippen LogP) is 3.56. The van der Waals surface area contributed by atoms with Crippen molar-refractivity contribution < 1.29 is 17.6 Å². The summed E-state index contributed by atoms with van der Waals surface area (Å²) in [5.74, 6) is -3.72. The Balaban J connectivity index is 2.24. The fraction of sp³-hybridized carbons (Fsp3) is 0.429. The van der Waals surface area contributed by atoms with Gasteiger partial charge in [0.2, 0.25) is 0 Å². The van der Waals surface area contributed by atoms with E-state index in [0.29, 0.717) is 6.42 Å². The number of rotatable bonds is 1. The Morgan fingerprint density at radius 1 is 1.21 bits per heavy atom. The van der Waals surface area contributed by atoms with Gasteiger partial charge in [-0.2, -0.15) is 0 Å². The molecule has 1 aromatic heterocycles. The number of fused-ring (bicyclic) bond motifs is 1. The van der Waals surface area contributed by atoms with Gasteiger partial charge in [-0.1, -0.05) is 6.92 Å². The highest BCUT2D eigenvalue weighted by molar-refractivity contribution is 5.82. The van der Waals surface area contributed by atoms with E-state index >= 15 is 0 Å². The first-order valence-electron chi connectivity index (χ1n) is 6.35. The maximum atomic E-state index is 14.1. The zero-order valence-corrected chi connectivity index (χ0v) is 10.5. The molecule has 1 aliphatic rings. The summed E-state index contributed by atoms with van der Waals surface area (Å²) in [6.45, 7) is 3.42. The largest absolute Gasteiger partial charge is 0.464 e. The molecule has 0 bridgehead atoms. The number of benzene rings is 1. The third-order valence-electron chi connectivity index (χ3n) is 3.92. The Kier molecular flexibility index (Phi) is 3.01. The second-order valence-electron chi connectivity index (χ2n) is 5.10. The van der Waals surface area contributed by atoms with E-state index < -0.39 is 17.5 Å². The van der Waals surface area contributed by atoms with Gasteiger partial charge in [0.05, 0.1) is 11.6 Å². The molecule has 0 saturated carbocycles. The van der Waals surface area contributed by atoms with Crippen LogP contribution in [-0.2, 0) is 0 Å². The van der Waals surface area contributed by atoms with Crippen molar-refractivity contribution in [3.05, 3.63) is 35.3 Å². The summed E-state index contributed by atoms with van der Waals surface area (Å²) >= 11 is 0. The second-order valence-corrected chi connectivity index (χ2v) is 5.10. The van der Waals surface area contributed by atoms with E-state index in [9.17, 15) is 13.2 Å². The highest BCUT2D eigenvalue weighted by atomic mass is 19.2. The second kappa shape index (κ2) is 4.56. The minimum absolute atomic E-state index is 0.0135. The monoisotopic (exact) mass is 269 g/mol. The van der Waals surface area contributed by atoms with E-state index in [4.69, 9.17) is 4.42 Å². The zero-order valence-electron chi connectivity index (χ0n) is 10.5. The molecule has 1 N–H and O–H groups in total. The van der Waals surface area contributed by atoms with Crippen LogP contribution in [0.1, 0.15) is 24.8 Å². The number of nitrogens with one attached hydrogen (secondary N) is 1. The molecule has 2 nitrogen and oxygen atoms in total. The molecule has 5 heteroatoms. The molecule has 0 aliphatic carbocycles. The molecule has 3 rings (SSSR count). The molecule has 1 aromatic carbocycles. The minimum Gasteiger partial charge on any atom is -0.464 e. The Morgan fingerprint density at radius 2 is 2.00 bits per heavy atom. The van der Waals surface area contributed by atoms with Gasteiger partial charge in [-0.05, 0) is 37.4 Å². The molecule has 2 heterocycles. The first-order valence-corrected chi connectivity index (χ1v) is 6.35. The number of hydrogen-bond donors (Lipinski definition) is 1. The topological polar surface area (TPSA) is 25.2 Å². The maximum absolute atomic E-state index is 14.1. The zero-order chi connectivity index (χ0) is 13.6. The summed E-state index contributed by atoms with van der Waals surface area (Å²) < 4.78 is 46.7. The van der Waals surface area contributed by atoms with Crippen molar-refractivity contribution in [2.45, 2.75) is 19.3 Å². The molecule has 0 amide bonds. The van der Waals surface area contributed by atoms with Gasteiger partial charge in [0.25, 0.3) is 0 Å². The molecule has 0 radical (unpaired) electrons. The molecule has 1 saturated heterocycles. The Morgan fingerprint density at radius 3 is 2.74 bits per heavy atom. The van der Waals surface area contributed by atoms with Crippen molar-refractivity contribution in [1.82, 2.24) is 5.32 Å². The third kappa shape index (κ3) is 1.84. The van der Waals surface area contributed by atoms with Gasteiger partial charge in [0, 0.05) is 5.56 Å². The molecule has 0 spiro atoms. The third-order valence-corrected chi connectivity index (χ3v) is 3.92. The maximum Gasteiger partial charge on any atom is 0.195 e. The van der Waals surface area contributed by atoms with Gasteiger partial charge in [-0.25, -0.2) is 13.2 Å². The molecule has 1 aliphatic heterocycles. The van der Waals surface area contributed by atoms with Crippen LogP contribution in [0, 0.1) is 23.4 Å². The molecule has 2 unspecified atom stereocenters. The molecule has 2 aromatic rings. The summed E-state index contributed by atoms with van der Waals surface area (Å²) in [7, 11) is 0. The summed E-state index contributed by atoms with van der Waals surface area (Å²) in [6.07, 6.45) is 1.95. The van der Waals surface area contributed by atoms with E-state index in [1.807, 2.05) is 6.92 Å². The van der Waals surface area contributed by atoms with Gasteiger partial charge in [-0.3, -0.25) is 0 Å². The normalized spacial score (nSPS) is 24.0. The van der Waals surface area contributed by atoms with Crippen LogP contribution in [0.2, 0.25) is 0 Å². The van der Waals surface area contributed by atoms with E-state index in [2.05, 4.69) is 5.32 Å². The summed E-state index contributed by atoms with van der Waals surface area (Å²) in [4.78, 5) is 0. The average molecular weight is 269 g/mol. The van der Waals surface area contributed by atoms with Gasteiger partial charge in [0.15, 0.2) is 17.5 Å². The van der Waals surface area contributed by atoms with E-state index in [0.717, 1.165) is 13.1 Å². The van der Waals surface area contributed by atoms with Gasteiger partial charge < -0.3 is 9.73 Å². The Bertz CT molecular complexity index is 623. The quantitative estimate of drug-likeness (QED) is 0.801. The van der Waals surface area contributed by atoms with Crippen LogP contribution in [0.15, 0.2) is 16.7 Å². The van der Waals surface area contributed by atoms with Crippen LogP contribution in [0.4, 0.5) is 13.2 Å². The number of furan rings is 1. The fourth-order valence-electron chi connectivity index (χ4n) is 2.90. The number of piperidine rings is 1. The average Bonchev–Trinajstić information content (AvgIpc) is 2.87. The summed E-state index contributed by atoms with van der Waals surface area (Å²) in [6, 6.07) is 1.34. The van der Waals surface area contributed by atoms with Crippen LogP contribution in [0.3, 0.4) is 0 Å². The smallest absolute Gasteiger partial charge is 0.195 e. The predicted molar refractivity (Wildman–Crippen MR) is 65.5 cm³/mol. The van der Waals surface area contributed by atoms with Crippen LogP contribution in [0.5, 0.6) is 0 Å². The first kappa shape index (κ1) is 12.5. The van der Waals surface area contributed by atoms with Crippen molar-refractivity contribution >= 4 is 11.0 Å². The number of hydrogen-bond acceptors (Lipinski definition) is 2. The van der Waals surface area contributed by atoms with Crippen LogP contribution >= 0.6 is 0 Å². The van der Waals surface area contributed by atoms with Crippen LogP contribution in [-0.4, -0.2) is 13.1 Å². The van der Waals surface area contributed by atoms with Gasteiger partial charge >= 0.3 is 0 Å². The Labute approximate surface area is 108 Å². The van der Waals surface area contributed by atoms with Crippen molar-refractivity contribution in [2.24, 2.45) is 5.92 Å². The first-order chi connectivity index (χ1) is 9.11. The minimum atomic E-state index is -1.41. The van der Waals surface area contributed by atoms with E-state index in [-0.39, 0.29) is 28.4 Å².